The number of ketones is 1. The molecule has 4 aromatic rings. The van der Waals surface area contributed by atoms with Crippen LogP contribution < -0.4 is 5.32 Å². The Morgan fingerprint density at radius 2 is 1.66 bits per heavy atom. The molecule has 0 aliphatic rings. The molecule has 0 saturated carbocycles. The number of thiophene rings is 1. The fourth-order valence-electron chi connectivity index (χ4n) is 3.57. The second kappa shape index (κ2) is 9.94. The lowest BCUT2D eigenvalue weighted by Crippen LogP contribution is -1.98. The minimum atomic E-state index is -0.504. The second-order valence-electron chi connectivity index (χ2n) is 8.08. The van der Waals surface area contributed by atoms with Crippen LogP contribution in [0.25, 0.3) is 10.4 Å². The molecule has 0 aliphatic heterocycles. The van der Waals surface area contributed by atoms with Crippen LogP contribution in [-0.2, 0) is 6.42 Å². The first kappa shape index (κ1) is 22.0. The highest BCUT2D eigenvalue weighted by atomic mass is 32.1. The van der Waals surface area contributed by atoms with Crippen LogP contribution >= 0.6 is 11.3 Å². The van der Waals surface area contributed by atoms with Crippen LogP contribution in [0.1, 0.15) is 45.8 Å². The Labute approximate surface area is 193 Å². The smallest absolute Gasteiger partial charge is 0.173 e. The number of hydrogen-bond donors (Lipinski definition) is 2. The van der Waals surface area contributed by atoms with E-state index < -0.39 is 6.10 Å². The average Bonchev–Trinajstić information content (AvgIpc) is 3.29. The van der Waals surface area contributed by atoms with Gasteiger partial charge in [0.15, 0.2) is 5.78 Å². The number of carbonyl (C=O) groups excluding carboxylic acids is 1. The Hall–Kier alpha value is -3.21. The van der Waals surface area contributed by atoms with E-state index in [9.17, 15) is 9.90 Å². The molecule has 0 bridgehead atoms. The molecule has 0 spiro atoms. The molecule has 1 heterocycles. The minimum Gasteiger partial charge on any atom is -0.389 e. The summed E-state index contributed by atoms with van der Waals surface area (Å²) in [5.74, 6) is 0.186. The van der Waals surface area contributed by atoms with Crippen molar-refractivity contribution in [3.8, 4) is 10.4 Å². The Bertz CT molecular complexity index is 1210. The SMILES string of the molecule is Cc1ccc(CCC(=O)c2ccc(-c3cccc(Nc4cccc(C(C)O)c4)c3)s2)cc1. The Balaban J connectivity index is 1.44. The summed E-state index contributed by atoms with van der Waals surface area (Å²) in [6, 6.07) is 28.3. The predicted octanol–water partition coefficient (Wildman–Crippen LogP) is 7.34. The minimum absolute atomic E-state index is 0.186. The summed E-state index contributed by atoms with van der Waals surface area (Å²) in [5, 5.41) is 13.2. The molecule has 0 radical (unpaired) electrons. The molecule has 3 nitrogen and oxygen atoms in total. The molecule has 1 unspecified atom stereocenters. The summed E-state index contributed by atoms with van der Waals surface area (Å²) in [6.45, 7) is 3.83. The first-order chi connectivity index (χ1) is 15.5. The van der Waals surface area contributed by atoms with Gasteiger partial charge in [-0.3, -0.25) is 4.79 Å². The van der Waals surface area contributed by atoms with Crippen molar-refractivity contribution >= 4 is 28.5 Å². The average molecular weight is 442 g/mol. The number of anilines is 2. The van der Waals surface area contributed by atoms with Crippen molar-refractivity contribution in [3.63, 3.8) is 0 Å². The van der Waals surface area contributed by atoms with Gasteiger partial charge in [0.1, 0.15) is 0 Å². The van der Waals surface area contributed by atoms with Gasteiger partial charge in [-0.05, 0) is 73.4 Å². The highest BCUT2D eigenvalue weighted by Crippen LogP contribution is 2.31. The molecule has 0 amide bonds. The van der Waals surface area contributed by atoms with Crippen molar-refractivity contribution in [2.24, 2.45) is 0 Å². The Morgan fingerprint density at radius 1 is 0.938 bits per heavy atom. The monoisotopic (exact) mass is 441 g/mol. The van der Waals surface area contributed by atoms with Crippen LogP contribution in [0.4, 0.5) is 11.4 Å². The van der Waals surface area contributed by atoms with Crippen molar-refractivity contribution in [1.29, 1.82) is 0 Å². The fourth-order valence-corrected chi connectivity index (χ4v) is 4.54. The zero-order valence-electron chi connectivity index (χ0n) is 18.3. The molecule has 1 atom stereocenters. The van der Waals surface area contributed by atoms with E-state index in [4.69, 9.17) is 0 Å². The summed E-state index contributed by atoms with van der Waals surface area (Å²) in [5.41, 5.74) is 6.27. The highest BCUT2D eigenvalue weighted by Gasteiger charge is 2.11. The number of hydrogen-bond acceptors (Lipinski definition) is 4. The van der Waals surface area contributed by atoms with Gasteiger partial charge in [-0.1, -0.05) is 54.1 Å². The van der Waals surface area contributed by atoms with Gasteiger partial charge >= 0.3 is 0 Å². The van der Waals surface area contributed by atoms with Crippen molar-refractivity contribution in [2.75, 3.05) is 5.32 Å². The van der Waals surface area contributed by atoms with Crippen LogP contribution in [0.15, 0.2) is 84.9 Å². The maximum absolute atomic E-state index is 12.7. The van der Waals surface area contributed by atoms with Crippen molar-refractivity contribution in [2.45, 2.75) is 32.8 Å². The molecule has 4 heteroatoms. The zero-order valence-corrected chi connectivity index (χ0v) is 19.2. The van der Waals surface area contributed by atoms with Gasteiger partial charge in [-0.25, -0.2) is 0 Å². The molecule has 3 aromatic carbocycles. The van der Waals surface area contributed by atoms with E-state index >= 15 is 0 Å². The molecule has 0 saturated heterocycles. The number of nitrogens with one attached hydrogen (secondary N) is 1. The van der Waals surface area contributed by atoms with E-state index in [1.54, 1.807) is 18.3 Å². The third kappa shape index (κ3) is 5.52. The number of Topliss-reactive ketones (excluding diaryl/α,β-unsaturated/α-hetero) is 1. The molecular formula is C28H27NO2S. The maximum Gasteiger partial charge on any atom is 0.173 e. The summed E-state index contributed by atoms with van der Waals surface area (Å²) >= 11 is 1.54. The van der Waals surface area contributed by atoms with Crippen LogP contribution in [-0.4, -0.2) is 10.9 Å². The van der Waals surface area contributed by atoms with Crippen molar-refractivity contribution in [1.82, 2.24) is 0 Å². The number of aliphatic hydroxyl groups excluding tert-OH is 1. The molecule has 0 fully saturated rings. The fraction of sp³-hybridized carbons (Fsp3) is 0.179. The van der Waals surface area contributed by atoms with Crippen LogP contribution in [0, 0.1) is 6.92 Å². The predicted molar refractivity (Wildman–Crippen MR) is 134 cm³/mol. The van der Waals surface area contributed by atoms with E-state index in [0.29, 0.717) is 6.42 Å². The topological polar surface area (TPSA) is 49.3 Å². The number of benzene rings is 3. The summed E-state index contributed by atoms with van der Waals surface area (Å²) < 4.78 is 0. The van der Waals surface area contributed by atoms with E-state index in [0.717, 1.165) is 38.7 Å². The maximum atomic E-state index is 12.7. The normalized spacial score (nSPS) is 11.8. The Morgan fingerprint density at radius 3 is 2.41 bits per heavy atom. The van der Waals surface area contributed by atoms with Crippen LogP contribution in [0.3, 0.4) is 0 Å². The lowest BCUT2D eigenvalue weighted by atomic mass is 10.1. The van der Waals surface area contributed by atoms with E-state index in [1.807, 2.05) is 48.5 Å². The van der Waals surface area contributed by atoms with Crippen LogP contribution in [0.2, 0.25) is 0 Å². The lowest BCUT2D eigenvalue weighted by molar-refractivity contribution is 0.0986. The Kier molecular flexibility index (Phi) is 6.84. The molecule has 0 aliphatic carbocycles. The highest BCUT2D eigenvalue weighted by molar-refractivity contribution is 7.17. The third-order valence-electron chi connectivity index (χ3n) is 5.45. The third-order valence-corrected chi connectivity index (χ3v) is 6.62. The molecule has 4 rings (SSSR count). The molecule has 1 aromatic heterocycles. The first-order valence-electron chi connectivity index (χ1n) is 10.8. The van der Waals surface area contributed by atoms with E-state index in [2.05, 4.69) is 48.6 Å². The zero-order chi connectivity index (χ0) is 22.5. The summed E-state index contributed by atoms with van der Waals surface area (Å²) in [4.78, 5) is 14.6. The largest absolute Gasteiger partial charge is 0.389 e. The van der Waals surface area contributed by atoms with Gasteiger partial charge in [0, 0.05) is 22.7 Å². The van der Waals surface area contributed by atoms with Gasteiger partial charge in [-0.2, -0.15) is 0 Å². The standard InChI is InChI=1S/C28H27NO2S/c1-19-9-11-21(12-10-19)13-14-26(31)28-16-15-27(32-28)23-6-4-8-25(18-23)29-24-7-3-5-22(17-24)20(2)30/h3-12,15-18,20,29-30H,13-14H2,1-2H3. The van der Waals surface area contributed by atoms with Gasteiger partial charge in [0.2, 0.25) is 0 Å². The lowest BCUT2D eigenvalue weighted by Gasteiger charge is -2.11. The quantitative estimate of drug-likeness (QED) is 0.281. The number of aliphatic hydroxyl groups is 1. The summed E-state index contributed by atoms with van der Waals surface area (Å²) in [6.07, 6.45) is 0.776. The van der Waals surface area contributed by atoms with Gasteiger partial charge in [0.05, 0.1) is 11.0 Å². The number of rotatable bonds is 8. The first-order valence-corrected chi connectivity index (χ1v) is 11.6. The molecule has 2 N–H and O–H groups in total. The van der Waals surface area contributed by atoms with Gasteiger partial charge < -0.3 is 10.4 Å². The van der Waals surface area contributed by atoms with E-state index in [-0.39, 0.29) is 5.78 Å². The van der Waals surface area contributed by atoms with Crippen molar-refractivity contribution in [3.05, 3.63) is 106 Å². The molecular weight excluding hydrogens is 414 g/mol. The van der Waals surface area contributed by atoms with Gasteiger partial charge in [0.25, 0.3) is 0 Å². The molecule has 32 heavy (non-hydrogen) atoms. The van der Waals surface area contributed by atoms with Crippen LogP contribution in [0.5, 0.6) is 0 Å². The summed E-state index contributed by atoms with van der Waals surface area (Å²) in [7, 11) is 0. The number of aryl methyl sites for hydroxylation is 2. The number of carbonyl (C=O) groups is 1. The second-order valence-corrected chi connectivity index (χ2v) is 9.16. The van der Waals surface area contributed by atoms with Crippen molar-refractivity contribution < 1.29 is 9.90 Å². The van der Waals surface area contributed by atoms with Gasteiger partial charge in [-0.15, -0.1) is 11.3 Å². The van der Waals surface area contributed by atoms with E-state index in [1.165, 1.54) is 11.1 Å². The molecule has 162 valence electrons.